The molecular weight excluding hydrogens is 308 g/mol. The lowest BCUT2D eigenvalue weighted by molar-refractivity contribution is -0.142. The van der Waals surface area contributed by atoms with Crippen LogP contribution in [0.1, 0.15) is 23.7 Å². The number of hydrogen-bond acceptors (Lipinski definition) is 2. The number of halogens is 3. The Kier molecular flexibility index (Phi) is 4.20. The van der Waals surface area contributed by atoms with Crippen LogP contribution in [0.25, 0.3) is 0 Å². The van der Waals surface area contributed by atoms with Gasteiger partial charge in [-0.3, -0.25) is 9.59 Å². The summed E-state index contributed by atoms with van der Waals surface area (Å²) in [6.45, 7) is 1.96. The maximum atomic E-state index is 13.5. The van der Waals surface area contributed by atoms with Crippen LogP contribution in [-0.4, -0.2) is 34.5 Å². The highest BCUT2D eigenvalue weighted by atomic mass is 35.5. The van der Waals surface area contributed by atoms with Gasteiger partial charge in [0.2, 0.25) is 0 Å². The largest absolute Gasteiger partial charge is 0.481 e. The monoisotopic (exact) mass is 319 g/mol. The van der Waals surface area contributed by atoms with Crippen LogP contribution in [0.4, 0.5) is 4.39 Å². The van der Waals surface area contributed by atoms with E-state index in [1.807, 2.05) is 0 Å². The molecule has 1 fully saturated rings. The number of aliphatic carboxylic acids is 1. The Hall–Kier alpha value is -1.33. The molecule has 1 aromatic carbocycles. The second-order valence-corrected chi connectivity index (χ2v) is 5.53. The van der Waals surface area contributed by atoms with Gasteiger partial charge < -0.3 is 10.0 Å². The molecule has 4 nitrogen and oxygen atoms in total. The zero-order valence-corrected chi connectivity index (χ0v) is 12.1. The number of benzene rings is 1. The third-order valence-corrected chi connectivity index (χ3v) is 4.18. The van der Waals surface area contributed by atoms with Gasteiger partial charge in [-0.2, -0.15) is 0 Å². The first kappa shape index (κ1) is 15.1. The molecule has 0 saturated carbocycles. The van der Waals surface area contributed by atoms with Crippen LogP contribution in [0.15, 0.2) is 12.1 Å². The van der Waals surface area contributed by atoms with E-state index in [1.54, 1.807) is 6.92 Å². The molecule has 1 heterocycles. The lowest BCUT2D eigenvalue weighted by Gasteiger charge is -2.23. The van der Waals surface area contributed by atoms with Crippen molar-refractivity contribution in [3.05, 3.63) is 33.6 Å². The second-order valence-electron chi connectivity index (χ2n) is 4.72. The normalized spacial score (nSPS) is 22.1. The molecule has 0 radical (unpaired) electrons. The van der Waals surface area contributed by atoms with Gasteiger partial charge in [0.1, 0.15) is 5.82 Å². The Labute approximate surface area is 125 Å². The average Bonchev–Trinajstić information content (AvgIpc) is 2.75. The van der Waals surface area contributed by atoms with Crippen LogP contribution in [0.5, 0.6) is 0 Å². The molecule has 0 spiro atoms. The summed E-state index contributed by atoms with van der Waals surface area (Å²) in [6.07, 6.45) is 0.371. The molecule has 2 atom stereocenters. The number of hydrogen-bond donors (Lipinski definition) is 1. The fourth-order valence-corrected chi connectivity index (χ4v) is 2.86. The molecule has 2 unspecified atom stereocenters. The number of carbonyl (C=O) groups is 2. The van der Waals surface area contributed by atoms with Gasteiger partial charge in [0, 0.05) is 12.6 Å². The Bertz CT molecular complexity index is 579. The second kappa shape index (κ2) is 5.58. The molecule has 0 bridgehead atoms. The first-order chi connectivity index (χ1) is 9.32. The van der Waals surface area contributed by atoms with Crippen LogP contribution in [0, 0.1) is 11.7 Å². The smallest absolute Gasteiger partial charge is 0.308 e. The van der Waals surface area contributed by atoms with Crippen molar-refractivity contribution in [2.24, 2.45) is 5.92 Å². The molecule has 7 heteroatoms. The summed E-state index contributed by atoms with van der Waals surface area (Å²) >= 11 is 11.5. The van der Waals surface area contributed by atoms with Crippen molar-refractivity contribution >= 4 is 35.1 Å². The van der Waals surface area contributed by atoms with Crippen molar-refractivity contribution in [1.29, 1.82) is 0 Å². The number of carboxylic acids is 1. The average molecular weight is 320 g/mol. The van der Waals surface area contributed by atoms with Gasteiger partial charge in [0.25, 0.3) is 5.91 Å². The Morgan fingerprint density at radius 1 is 1.35 bits per heavy atom. The quantitative estimate of drug-likeness (QED) is 0.852. The van der Waals surface area contributed by atoms with E-state index in [1.165, 1.54) is 11.0 Å². The van der Waals surface area contributed by atoms with E-state index in [2.05, 4.69) is 0 Å². The molecular formula is C13H12Cl2FNO3. The van der Waals surface area contributed by atoms with Crippen molar-refractivity contribution in [3.8, 4) is 0 Å². The van der Waals surface area contributed by atoms with Gasteiger partial charge in [-0.25, -0.2) is 4.39 Å². The van der Waals surface area contributed by atoms with E-state index in [9.17, 15) is 14.0 Å². The molecule has 1 saturated heterocycles. The zero-order valence-electron chi connectivity index (χ0n) is 10.6. The molecule has 2 rings (SSSR count). The van der Waals surface area contributed by atoms with E-state index >= 15 is 0 Å². The topological polar surface area (TPSA) is 57.6 Å². The van der Waals surface area contributed by atoms with E-state index in [4.69, 9.17) is 28.3 Å². The molecule has 0 aliphatic carbocycles. The molecule has 1 aliphatic rings. The fourth-order valence-electron chi connectivity index (χ4n) is 2.40. The molecule has 1 amide bonds. The van der Waals surface area contributed by atoms with E-state index in [0.717, 1.165) is 6.07 Å². The van der Waals surface area contributed by atoms with Gasteiger partial charge in [0.05, 0.1) is 21.5 Å². The van der Waals surface area contributed by atoms with E-state index in [-0.39, 0.29) is 15.6 Å². The van der Waals surface area contributed by atoms with Crippen molar-refractivity contribution in [1.82, 2.24) is 4.90 Å². The minimum Gasteiger partial charge on any atom is -0.481 e. The summed E-state index contributed by atoms with van der Waals surface area (Å²) in [6, 6.07) is 1.68. The van der Waals surface area contributed by atoms with Gasteiger partial charge in [-0.1, -0.05) is 23.2 Å². The molecule has 108 valence electrons. The van der Waals surface area contributed by atoms with Crippen molar-refractivity contribution in [3.63, 3.8) is 0 Å². The maximum Gasteiger partial charge on any atom is 0.308 e. The minimum absolute atomic E-state index is 0.00791. The molecule has 0 aromatic heterocycles. The van der Waals surface area contributed by atoms with Crippen LogP contribution in [0.2, 0.25) is 10.0 Å². The predicted molar refractivity (Wildman–Crippen MR) is 72.7 cm³/mol. The minimum atomic E-state index is -0.943. The van der Waals surface area contributed by atoms with Crippen LogP contribution in [0.3, 0.4) is 0 Å². The standard InChI is InChI=1S/C13H12Cl2FNO3/c1-6-7(13(19)20)2-3-17(6)12(18)8-4-11(16)10(15)5-9(8)14/h4-7H,2-3H2,1H3,(H,19,20). The van der Waals surface area contributed by atoms with Crippen molar-refractivity contribution in [2.75, 3.05) is 6.54 Å². The van der Waals surface area contributed by atoms with Gasteiger partial charge >= 0.3 is 5.97 Å². The Balaban J connectivity index is 2.29. The number of likely N-dealkylation sites (tertiary alicyclic amines) is 1. The summed E-state index contributed by atoms with van der Waals surface area (Å²) in [7, 11) is 0. The summed E-state index contributed by atoms with van der Waals surface area (Å²) in [5.41, 5.74) is -0.00791. The first-order valence-corrected chi connectivity index (χ1v) is 6.77. The summed E-state index contributed by atoms with van der Waals surface area (Å²) in [5, 5.41) is 8.93. The summed E-state index contributed by atoms with van der Waals surface area (Å²) in [4.78, 5) is 24.8. The number of amides is 1. The fraction of sp³-hybridized carbons (Fsp3) is 0.385. The number of nitrogens with zero attached hydrogens (tertiary/aromatic N) is 1. The third-order valence-electron chi connectivity index (χ3n) is 3.57. The Morgan fingerprint density at radius 3 is 2.55 bits per heavy atom. The lowest BCUT2D eigenvalue weighted by Crippen LogP contribution is -2.37. The third kappa shape index (κ3) is 2.60. The molecule has 1 aliphatic heterocycles. The van der Waals surface area contributed by atoms with Gasteiger partial charge in [-0.15, -0.1) is 0 Å². The van der Waals surface area contributed by atoms with Gasteiger partial charge in [-0.05, 0) is 25.5 Å². The highest BCUT2D eigenvalue weighted by Crippen LogP contribution is 2.30. The molecule has 20 heavy (non-hydrogen) atoms. The van der Waals surface area contributed by atoms with E-state index in [0.29, 0.717) is 13.0 Å². The highest BCUT2D eigenvalue weighted by Gasteiger charge is 2.38. The number of carboxylic acid groups (broad SMARTS) is 1. The SMILES string of the molecule is CC1C(C(=O)O)CCN1C(=O)c1cc(F)c(Cl)cc1Cl. The van der Waals surface area contributed by atoms with Crippen LogP contribution >= 0.6 is 23.2 Å². The number of carbonyl (C=O) groups excluding carboxylic acids is 1. The van der Waals surface area contributed by atoms with Crippen molar-refractivity contribution < 1.29 is 19.1 Å². The molecule has 1 N–H and O–H groups in total. The predicted octanol–water partition coefficient (Wildman–Crippen LogP) is 3.07. The molecule has 1 aromatic rings. The maximum absolute atomic E-state index is 13.5. The van der Waals surface area contributed by atoms with Crippen LogP contribution < -0.4 is 0 Å². The first-order valence-electron chi connectivity index (χ1n) is 6.01. The van der Waals surface area contributed by atoms with Crippen LogP contribution in [-0.2, 0) is 4.79 Å². The highest BCUT2D eigenvalue weighted by molar-refractivity contribution is 6.36. The van der Waals surface area contributed by atoms with Gasteiger partial charge in [0.15, 0.2) is 0 Å². The van der Waals surface area contributed by atoms with Crippen molar-refractivity contribution in [2.45, 2.75) is 19.4 Å². The van der Waals surface area contributed by atoms with E-state index < -0.39 is 29.7 Å². The zero-order chi connectivity index (χ0) is 15.0. The summed E-state index contributed by atoms with van der Waals surface area (Å²) < 4.78 is 13.5. The number of rotatable bonds is 2. The Morgan fingerprint density at radius 2 is 2.00 bits per heavy atom. The summed E-state index contributed by atoms with van der Waals surface area (Å²) in [5.74, 6) is -2.78. The lowest BCUT2D eigenvalue weighted by atomic mass is 10.0.